The van der Waals surface area contributed by atoms with Gasteiger partial charge in [0.1, 0.15) is 6.04 Å². The van der Waals surface area contributed by atoms with E-state index in [9.17, 15) is 9.59 Å². The molecule has 1 N–H and O–H groups in total. The molecule has 0 aliphatic carbocycles. The van der Waals surface area contributed by atoms with Crippen LogP contribution in [-0.2, 0) is 14.3 Å². The van der Waals surface area contributed by atoms with Gasteiger partial charge in [-0.3, -0.25) is 14.5 Å². The summed E-state index contributed by atoms with van der Waals surface area (Å²) in [5.41, 5.74) is 0. The smallest absolute Gasteiger partial charge is 0.323 e. The van der Waals surface area contributed by atoms with Crippen LogP contribution in [0.4, 0.5) is 0 Å². The van der Waals surface area contributed by atoms with Crippen molar-refractivity contribution in [1.29, 1.82) is 0 Å². The molecule has 0 aromatic carbocycles. The number of hydrogen-bond acceptors (Lipinski definition) is 4. The fraction of sp³-hybridized carbons (Fsp3) is 0.867. The number of esters is 1. The van der Waals surface area contributed by atoms with Gasteiger partial charge in [-0.1, -0.05) is 13.8 Å². The molecular weight excluding hydrogens is 256 g/mol. The Morgan fingerprint density at radius 3 is 2.50 bits per heavy atom. The Morgan fingerprint density at radius 2 is 1.95 bits per heavy atom. The summed E-state index contributed by atoms with van der Waals surface area (Å²) < 4.78 is 5.10. The minimum absolute atomic E-state index is 0.00917. The molecule has 5 heteroatoms. The van der Waals surface area contributed by atoms with Crippen LogP contribution in [0.3, 0.4) is 0 Å². The average Bonchev–Trinajstić information content (AvgIpc) is 2.93. The molecule has 1 aliphatic heterocycles. The van der Waals surface area contributed by atoms with Crippen LogP contribution in [0.15, 0.2) is 0 Å². The molecule has 0 radical (unpaired) electrons. The maximum Gasteiger partial charge on any atom is 0.323 e. The minimum atomic E-state index is -0.285. The molecule has 0 spiro atoms. The highest BCUT2D eigenvalue weighted by Gasteiger charge is 2.37. The minimum Gasteiger partial charge on any atom is -0.465 e. The molecule has 1 heterocycles. The second kappa shape index (κ2) is 8.25. The van der Waals surface area contributed by atoms with Crippen LogP contribution in [0.1, 0.15) is 53.4 Å². The maximum atomic E-state index is 12.3. The molecule has 5 nitrogen and oxygen atoms in total. The first-order valence-corrected chi connectivity index (χ1v) is 7.77. The predicted molar refractivity (Wildman–Crippen MR) is 78.3 cm³/mol. The van der Waals surface area contributed by atoms with Crippen molar-refractivity contribution in [3.63, 3.8) is 0 Å². The molecule has 116 valence electrons. The molecule has 0 aromatic heterocycles. The summed E-state index contributed by atoms with van der Waals surface area (Å²) in [5.74, 6) is -0.193. The highest BCUT2D eigenvalue weighted by molar-refractivity contribution is 5.83. The van der Waals surface area contributed by atoms with Crippen molar-refractivity contribution in [3.8, 4) is 0 Å². The van der Waals surface area contributed by atoms with Gasteiger partial charge in [0.2, 0.25) is 5.91 Å². The van der Waals surface area contributed by atoms with E-state index in [1.165, 1.54) is 0 Å². The molecule has 2 unspecified atom stereocenters. The number of ether oxygens (including phenoxy) is 1. The standard InChI is InChI=1S/C15H28N2O3/c1-5-12(6-2)16-14(18)11(4)17-10-8-9-13(17)15(19)20-7-3/h11-13H,5-10H2,1-4H3,(H,16,18). The molecule has 1 aliphatic rings. The quantitative estimate of drug-likeness (QED) is 0.723. The molecule has 20 heavy (non-hydrogen) atoms. The van der Waals surface area contributed by atoms with Crippen LogP contribution in [0.25, 0.3) is 0 Å². The fourth-order valence-corrected chi connectivity index (χ4v) is 2.71. The topological polar surface area (TPSA) is 58.6 Å². The third-order valence-electron chi connectivity index (χ3n) is 4.06. The third kappa shape index (κ3) is 4.20. The molecular formula is C15H28N2O3. The van der Waals surface area contributed by atoms with E-state index in [2.05, 4.69) is 19.2 Å². The lowest BCUT2D eigenvalue weighted by atomic mass is 10.1. The summed E-state index contributed by atoms with van der Waals surface area (Å²) in [4.78, 5) is 26.2. The first-order chi connectivity index (χ1) is 9.54. The van der Waals surface area contributed by atoms with Gasteiger partial charge in [-0.15, -0.1) is 0 Å². The van der Waals surface area contributed by atoms with E-state index < -0.39 is 0 Å². The van der Waals surface area contributed by atoms with Gasteiger partial charge in [0.25, 0.3) is 0 Å². The van der Waals surface area contributed by atoms with Gasteiger partial charge in [-0.2, -0.15) is 0 Å². The molecule has 0 saturated carbocycles. The number of amides is 1. The number of rotatable bonds is 7. The molecule has 1 saturated heterocycles. The Bertz CT molecular complexity index is 329. The van der Waals surface area contributed by atoms with Crippen molar-refractivity contribution in [2.75, 3.05) is 13.2 Å². The lowest BCUT2D eigenvalue weighted by Crippen LogP contribution is -2.51. The van der Waals surface area contributed by atoms with E-state index in [4.69, 9.17) is 4.74 Å². The normalized spacial score (nSPS) is 20.9. The SMILES string of the molecule is CCOC(=O)C1CCCN1C(C)C(=O)NC(CC)CC. The van der Waals surface area contributed by atoms with Gasteiger partial charge in [0.15, 0.2) is 0 Å². The van der Waals surface area contributed by atoms with Gasteiger partial charge in [-0.05, 0) is 46.1 Å². The van der Waals surface area contributed by atoms with Crippen molar-refractivity contribution in [1.82, 2.24) is 10.2 Å². The van der Waals surface area contributed by atoms with Gasteiger partial charge >= 0.3 is 5.97 Å². The maximum absolute atomic E-state index is 12.3. The van der Waals surface area contributed by atoms with Crippen LogP contribution >= 0.6 is 0 Å². The van der Waals surface area contributed by atoms with Crippen molar-refractivity contribution in [2.45, 2.75) is 71.5 Å². The average molecular weight is 284 g/mol. The Labute approximate surface area is 122 Å². The van der Waals surface area contributed by atoms with Crippen molar-refractivity contribution < 1.29 is 14.3 Å². The third-order valence-corrected chi connectivity index (χ3v) is 4.06. The molecule has 0 bridgehead atoms. The predicted octanol–water partition coefficient (Wildman–Crippen LogP) is 1.71. The summed E-state index contributed by atoms with van der Waals surface area (Å²) in [7, 11) is 0. The van der Waals surface area contributed by atoms with E-state index in [0.29, 0.717) is 6.61 Å². The Kier molecular flexibility index (Phi) is 6.99. The lowest BCUT2D eigenvalue weighted by molar-refractivity contribution is -0.149. The highest BCUT2D eigenvalue weighted by Crippen LogP contribution is 2.21. The zero-order valence-corrected chi connectivity index (χ0v) is 13.1. The van der Waals surface area contributed by atoms with E-state index in [0.717, 1.165) is 32.2 Å². The van der Waals surface area contributed by atoms with Crippen molar-refractivity contribution >= 4 is 11.9 Å². The van der Waals surface area contributed by atoms with E-state index >= 15 is 0 Å². The summed E-state index contributed by atoms with van der Waals surface area (Å²) in [6.07, 6.45) is 3.57. The summed E-state index contributed by atoms with van der Waals surface area (Å²) in [6, 6.07) is -0.335. The highest BCUT2D eigenvalue weighted by atomic mass is 16.5. The first kappa shape index (κ1) is 17.0. The van der Waals surface area contributed by atoms with Crippen LogP contribution in [0, 0.1) is 0 Å². The van der Waals surface area contributed by atoms with Crippen LogP contribution in [-0.4, -0.2) is 48.1 Å². The number of hydrogen-bond donors (Lipinski definition) is 1. The molecule has 1 amide bonds. The van der Waals surface area contributed by atoms with Crippen LogP contribution < -0.4 is 5.32 Å². The van der Waals surface area contributed by atoms with Crippen molar-refractivity contribution in [2.24, 2.45) is 0 Å². The largest absolute Gasteiger partial charge is 0.465 e. The summed E-state index contributed by atoms with van der Waals surface area (Å²) >= 11 is 0. The zero-order chi connectivity index (χ0) is 15.1. The Hall–Kier alpha value is -1.10. The number of carbonyl (C=O) groups excluding carboxylic acids is 2. The summed E-state index contributed by atoms with van der Waals surface area (Å²) in [5, 5.41) is 3.05. The number of carbonyl (C=O) groups is 2. The van der Waals surface area contributed by atoms with Gasteiger partial charge in [0, 0.05) is 6.04 Å². The van der Waals surface area contributed by atoms with Crippen molar-refractivity contribution in [3.05, 3.63) is 0 Å². The van der Waals surface area contributed by atoms with Crippen LogP contribution in [0.2, 0.25) is 0 Å². The second-order valence-electron chi connectivity index (χ2n) is 5.35. The Morgan fingerprint density at radius 1 is 1.30 bits per heavy atom. The zero-order valence-electron chi connectivity index (χ0n) is 13.1. The molecule has 1 rings (SSSR count). The number of nitrogens with one attached hydrogen (secondary N) is 1. The van der Waals surface area contributed by atoms with Gasteiger partial charge in [0.05, 0.1) is 12.6 Å². The van der Waals surface area contributed by atoms with E-state index in [1.807, 2.05) is 11.8 Å². The summed E-state index contributed by atoms with van der Waals surface area (Å²) in [6.45, 7) is 8.97. The van der Waals surface area contributed by atoms with Crippen LogP contribution in [0.5, 0.6) is 0 Å². The monoisotopic (exact) mass is 284 g/mol. The molecule has 2 atom stereocenters. The number of likely N-dealkylation sites (tertiary alicyclic amines) is 1. The Balaban J connectivity index is 2.62. The van der Waals surface area contributed by atoms with Gasteiger partial charge in [-0.25, -0.2) is 0 Å². The van der Waals surface area contributed by atoms with E-state index in [1.54, 1.807) is 6.92 Å². The lowest BCUT2D eigenvalue weighted by Gasteiger charge is -2.29. The fourth-order valence-electron chi connectivity index (χ4n) is 2.71. The molecule has 1 fully saturated rings. The second-order valence-corrected chi connectivity index (χ2v) is 5.35. The van der Waals surface area contributed by atoms with Gasteiger partial charge < -0.3 is 10.1 Å². The molecule has 0 aromatic rings. The van der Waals surface area contributed by atoms with E-state index in [-0.39, 0.29) is 30.0 Å². The first-order valence-electron chi connectivity index (χ1n) is 7.77. The number of nitrogens with zero attached hydrogens (tertiary/aromatic N) is 1.